The van der Waals surface area contributed by atoms with Gasteiger partial charge in [-0.1, -0.05) is 243 Å². The van der Waals surface area contributed by atoms with Crippen LogP contribution in [0, 0.1) is 128 Å². The zero-order valence-corrected chi connectivity index (χ0v) is 88.4. The fourth-order valence-corrected chi connectivity index (χ4v) is 9.03. The van der Waals surface area contributed by atoms with Crippen molar-refractivity contribution in [2.75, 3.05) is 118 Å². The SMILES string of the molecule is C.C.C.CC#CC.CC(=O)N(C)C.CC(=O)c1ccc(C(C)=O)cc1.CC(C)(C)C.CC(C)=C(C)C.CC(C)=O.CC1C(C)C(C)C(C)C1C.CC1C(C)C(C)C1C.CC1C(C)C1C.CC1CCC(C)CC1.CN(C)C.CN=C(C)C.CN=[Si](C)C.COC.COc1cc(C)cc(OC)c1.CS(C)(=O)=O.C[N+](C)(C)C.Cc1ccc(C)cc1.[CH3-]. The Bertz CT molecular complexity index is 2870. The molecule has 0 atom stereocenters. The second kappa shape index (κ2) is 86.1. The van der Waals surface area contributed by atoms with Crippen molar-refractivity contribution in [3.63, 3.8) is 0 Å². The van der Waals surface area contributed by atoms with Gasteiger partial charge in [-0.05, 0) is 244 Å². The number of allylic oxidation sites excluding steroid dienone is 2. The van der Waals surface area contributed by atoms with E-state index in [0.717, 1.165) is 123 Å². The molecule has 708 valence electrons. The summed E-state index contributed by atoms with van der Waals surface area (Å²) < 4.78 is 38.6. The molecule has 0 N–H and O–H groups in total. The summed E-state index contributed by atoms with van der Waals surface area (Å²) in [4.78, 5) is 48.5. The first-order valence-corrected chi connectivity index (χ1v) is 46.4. The van der Waals surface area contributed by atoms with Gasteiger partial charge in [0.25, 0.3) is 0 Å². The topological polar surface area (TPSA) is 161 Å². The molecule has 0 saturated heterocycles. The number of rotatable bonds is 4. The lowest BCUT2D eigenvalue weighted by Crippen LogP contribution is -2.39. The van der Waals surface area contributed by atoms with Crippen LogP contribution in [-0.2, 0) is 24.2 Å². The number of hydrogen-bond acceptors (Lipinski definition) is 12. The summed E-state index contributed by atoms with van der Waals surface area (Å²) in [5.74, 6) is 21.0. The number of ketones is 3. The fourth-order valence-electron chi connectivity index (χ4n) is 9.03. The first kappa shape index (κ1) is 148. The summed E-state index contributed by atoms with van der Waals surface area (Å²) >= 11 is 0. The quantitative estimate of drug-likeness (QED) is 0.0468. The van der Waals surface area contributed by atoms with Crippen molar-refractivity contribution in [2.45, 2.75) is 296 Å². The molecule has 3 aromatic rings. The number of sulfone groups is 1. The van der Waals surface area contributed by atoms with Crippen molar-refractivity contribution in [3.05, 3.63) is 113 Å². The van der Waals surface area contributed by atoms with Crippen LogP contribution in [0.15, 0.2) is 87.5 Å². The summed E-state index contributed by atoms with van der Waals surface area (Å²) in [6.45, 7) is 76.0. The largest absolute Gasteiger partial charge is 0.497 e. The minimum absolute atomic E-state index is 0. The molecule has 0 radical (unpaired) electrons. The molecule has 4 fully saturated rings. The number of benzene rings is 3. The lowest BCUT2D eigenvalue weighted by atomic mass is 9.60. The van der Waals surface area contributed by atoms with Gasteiger partial charge in [0, 0.05) is 84.8 Å². The lowest BCUT2D eigenvalue weighted by molar-refractivity contribution is -0.849. The maximum Gasteiger partial charge on any atom is 0.218 e. The Morgan fingerprint density at radius 2 is 0.605 bits per heavy atom. The standard InChI is InChI=1S/C10H10O2.C10H20.C9H12O2.C8H16.C8H10.C8H16.2C6H12.C5H12.C4H9NO.C4H12N.C4H9N.C4H6.C3H9NSi.C3H9N.C3H6O.C2H6O2S.C2H6O.3CH4.CH3/c1-7(11)9-3-5-10(6-4-9)8(2)12;1-6-7(2)9(4)10(5)8(6)3;1-7-4-8(10-2)6-9(5-7)11-3;2*1-7-3-5-8(2)6-4-7;1-5-6(2)8(4)7(5)3;1-4-5(2)6(4)3;1-5(2)6(3)4;1-5(2,3)4;1-4(6)5(2)3;1-5(2,3)4;1-4(2)5-3;1-3-4-2;1-4-5(2)3;1-4(2)3;1-3(2)4;1-5(2,3)4;1-3-2;;;;/h3-6H,1-2H3;6-10H,1-5H3;4-6H,1-3H3;7-8H,3-6H2,1-2H3;3-6H,1-2H3;5-8H,1-4H3;4-6H,1-3H3;1-4H3;1-4H3;1-3H3;1-4H3;1-3H3;1-2H3;1-3H3;1-3H3;1-2H3;1-2H3;1-2H3;3*1H4;1H3/q;;;;;;;;;;+1;;;;;;;;;;;-1. The van der Waals surface area contributed by atoms with E-state index in [1.54, 1.807) is 73.8 Å². The Balaban J connectivity index is -0.0000000748. The van der Waals surface area contributed by atoms with Crippen LogP contribution in [0.2, 0.25) is 13.1 Å². The van der Waals surface area contributed by atoms with Gasteiger partial charge < -0.3 is 45.3 Å². The van der Waals surface area contributed by atoms with E-state index in [9.17, 15) is 27.6 Å². The van der Waals surface area contributed by atoms with E-state index < -0.39 is 9.84 Å². The first-order chi connectivity index (χ1) is 52.0. The molecule has 7 rings (SSSR count). The number of hydrogen-bond donors (Lipinski definition) is 0. The average Bonchev–Trinajstić information content (AvgIpc) is 1.65. The molecule has 0 aliphatic heterocycles. The highest BCUT2D eigenvalue weighted by Gasteiger charge is 2.39. The monoisotopic (exact) mass is 1720 g/mol. The Kier molecular flexibility index (Phi) is 107. The van der Waals surface area contributed by atoms with Crippen LogP contribution in [0.3, 0.4) is 0 Å². The van der Waals surface area contributed by atoms with Crippen LogP contribution in [0.5, 0.6) is 11.5 Å². The molecule has 0 heterocycles. The Morgan fingerprint density at radius 3 is 0.697 bits per heavy atom. The van der Waals surface area contributed by atoms with Gasteiger partial charge in [-0.15, -0.1) is 11.8 Å². The van der Waals surface area contributed by atoms with Gasteiger partial charge in [-0.25, -0.2) is 8.42 Å². The molecule has 3 aromatic carbocycles. The van der Waals surface area contributed by atoms with Crippen molar-refractivity contribution in [3.8, 4) is 23.3 Å². The number of carbonyl (C=O) groups is 4. The fraction of sp³-hybridized carbons (Fsp3) is 0.728. The van der Waals surface area contributed by atoms with E-state index in [0.29, 0.717) is 16.5 Å². The number of Topliss-reactive ketones (excluding diaryl/α,β-unsaturated/α-hetero) is 3. The normalized spacial score (nSPS) is 20.0. The molecule has 14 nitrogen and oxygen atoms in total. The molecule has 0 spiro atoms. The van der Waals surface area contributed by atoms with Crippen LogP contribution >= 0.6 is 0 Å². The molecule has 4 aliphatic rings. The average molecular weight is 1720 g/mol. The number of carbonyl (C=O) groups excluding carboxylic acids is 4. The molecule has 0 unspecified atom stereocenters. The number of methoxy groups -OCH3 is 3. The van der Waals surface area contributed by atoms with Gasteiger partial charge >= 0.3 is 0 Å². The van der Waals surface area contributed by atoms with Crippen LogP contribution in [-0.4, -0.2) is 179 Å². The third kappa shape index (κ3) is 119. The number of ether oxygens (including phenoxy) is 3. The summed E-state index contributed by atoms with van der Waals surface area (Å²) in [6, 6.07) is 20.9. The van der Waals surface area contributed by atoms with Gasteiger partial charge in [0.2, 0.25) is 5.91 Å². The van der Waals surface area contributed by atoms with Gasteiger partial charge in [-0.3, -0.25) is 19.4 Å². The van der Waals surface area contributed by atoms with Crippen molar-refractivity contribution in [2.24, 2.45) is 97.9 Å². The molecular weight excluding hydrogens is 1510 g/mol. The maximum atomic E-state index is 10.8. The smallest absolute Gasteiger partial charge is 0.218 e. The summed E-state index contributed by atoms with van der Waals surface area (Å²) in [5.41, 5.74) is 9.56. The third-order valence-corrected chi connectivity index (χ3v) is 20.2. The number of amides is 1. The van der Waals surface area contributed by atoms with Gasteiger partial charge in [0.05, 0.1) is 42.4 Å². The minimum Gasteiger partial charge on any atom is -0.497 e. The highest BCUT2D eigenvalue weighted by atomic mass is 32.2. The van der Waals surface area contributed by atoms with E-state index in [2.05, 4.69) is 258 Å². The van der Waals surface area contributed by atoms with Gasteiger partial charge in [0.15, 0.2) is 11.6 Å². The number of aryl methyl sites for hydroxylation is 3. The van der Waals surface area contributed by atoms with Crippen LogP contribution in [0.1, 0.15) is 300 Å². The molecule has 1 amide bonds. The highest BCUT2D eigenvalue weighted by Crippen LogP contribution is 2.46. The zero-order chi connectivity index (χ0) is 94.0. The van der Waals surface area contributed by atoms with Crippen LogP contribution < -0.4 is 9.47 Å². The number of aliphatic imine (C=N–C) groups is 1. The predicted molar refractivity (Wildman–Crippen MR) is 543 cm³/mol. The lowest BCUT2D eigenvalue weighted by Gasteiger charge is -2.45. The Hall–Kier alpha value is -5.44. The molecule has 16 heteroatoms. The number of nitrogens with zero attached hydrogens (tertiary/aromatic N) is 5. The molecule has 0 aromatic heterocycles. The Labute approximate surface area is 748 Å². The number of quaternary nitrogens is 1. The van der Waals surface area contributed by atoms with E-state index in [1.807, 2.05) is 85.9 Å². The van der Waals surface area contributed by atoms with E-state index >= 15 is 0 Å². The highest BCUT2D eigenvalue weighted by molar-refractivity contribution is 7.89. The first-order valence-electron chi connectivity index (χ1n) is 41.7. The predicted octanol–water partition coefficient (Wildman–Crippen LogP) is 28.0. The molecule has 4 aliphatic carbocycles. The molecule has 0 bridgehead atoms. The second-order valence-corrected chi connectivity index (χ2v) is 41.3. The van der Waals surface area contributed by atoms with E-state index in [-0.39, 0.29) is 61.6 Å². The van der Waals surface area contributed by atoms with Crippen molar-refractivity contribution < 1.29 is 46.3 Å². The van der Waals surface area contributed by atoms with Crippen molar-refractivity contribution >= 4 is 47.4 Å². The molecular formula is C103H207N5O9SSi. The summed E-state index contributed by atoms with van der Waals surface area (Å²) in [5, 5.41) is 0. The third-order valence-electron chi connectivity index (χ3n) is 19.3. The Morgan fingerprint density at radius 1 is 0.454 bits per heavy atom. The van der Waals surface area contributed by atoms with Crippen molar-refractivity contribution in [1.29, 1.82) is 0 Å². The van der Waals surface area contributed by atoms with Gasteiger partial charge in [0.1, 0.15) is 35.7 Å². The minimum atomic E-state index is -2.67. The van der Waals surface area contributed by atoms with Crippen molar-refractivity contribution in [1.82, 2.24) is 9.80 Å². The van der Waals surface area contributed by atoms with Gasteiger partial charge in [-0.2, -0.15) is 0 Å². The molecule has 119 heavy (non-hydrogen) atoms. The maximum absolute atomic E-state index is 10.8. The van der Waals surface area contributed by atoms with Crippen LogP contribution in [0.25, 0.3) is 0 Å². The molecule has 4 saturated carbocycles. The van der Waals surface area contributed by atoms with E-state index in [1.165, 1.54) is 87.5 Å². The zero-order valence-electron chi connectivity index (χ0n) is 86.6. The summed E-state index contributed by atoms with van der Waals surface area (Å²) in [7, 11) is 25.2. The van der Waals surface area contributed by atoms with Crippen LogP contribution in [0.4, 0.5) is 0 Å². The van der Waals surface area contributed by atoms with E-state index in [4.69, 9.17) is 9.47 Å². The summed E-state index contributed by atoms with van der Waals surface area (Å²) in [6.07, 6.45) is 8.21. The second-order valence-electron chi connectivity index (χ2n) is 36.6.